The Balaban J connectivity index is 1.62. The Morgan fingerprint density at radius 1 is 1.35 bits per heavy atom. The number of carbonyl (C=O) groups excluding carboxylic acids is 1. The van der Waals surface area contributed by atoms with Crippen LogP contribution in [0.25, 0.3) is 17.0 Å². The number of aryl methyl sites for hydroxylation is 1. The summed E-state index contributed by atoms with van der Waals surface area (Å²) >= 11 is 1.37. The molecule has 0 saturated heterocycles. The van der Waals surface area contributed by atoms with E-state index >= 15 is 0 Å². The predicted octanol–water partition coefficient (Wildman–Crippen LogP) is 2.02. The summed E-state index contributed by atoms with van der Waals surface area (Å²) in [5.41, 5.74) is 5.08. The first-order valence-corrected chi connectivity index (χ1v) is 8.97. The number of thioether (sulfide) groups is 1. The van der Waals surface area contributed by atoms with E-state index in [4.69, 9.17) is 5.21 Å². The van der Waals surface area contributed by atoms with Crippen molar-refractivity contribution < 1.29 is 10.0 Å². The molecule has 4 heterocycles. The van der Waals surface area contributed by atoms with Crippen LogP contribution in [0.3, 0.4) is 0 Å². The molecule has 132 valence electrons. The van der Waals surface area contributed by atoms with E-state index in [9.17, 15) is 4.79 Å². The maximum atomic E-state index is 11.5. The van der Waals surface area contributed by atoms with Crippen molar-refractivity contribution in [3.05, 3.63) is 53.3 Å². The number of hydrogen-bond donors (Lipinski definition) is 3. The lowest BCUT2D eigenvalue weighted by atomic mass is 10.2. The molecule has 26 heavy (non-hydrogen) atoms. The Morgan fingerprint density at radius 3 is 3.08 bits per heavy atom. The molecule has 0 bridgehead atoms. The second-order valence-electron chi connectivity index (χ2n) is 5.77. The number of nitrogens with zero attached hydrogens (tertiary/aromatic N) is 4. The van der Waals surface area contributed by atoms with Gasteiger partial charge in [-0.05, 0) is 31.2 Å². The Bertz CT molecular complexity index is 1020. The second-order valence-corrected chi connectivity index (χ2v) is 6.84. The number of carbonyl (C=O) groups is 1. The van der Waals surface area contributed by atoms with Crippen molar-refractivity contribution >= 4 is 29.3 Å². The standard InChI is InChI=1S/C17H16N6O2S/c1-10-15(23-7-3-2-4-14(23)19-10)12-5-6-18-17(21-12)20-11-8-13(26-9-11)16(24)22-25/h2-8,11,25H,9H2,1H3,(H,22,24)(H,18,20,21). The minimum atomic E-state index is -0.504. The van der Waals surface area contributed by atoms with Gasteiger partial charge in [-0.3, -0.25) is 14.4 Å². The lowest BCUT2D eigenvalue weighted by Crippen LogP contribution is -2.20. The van der Waals surface area contributed by atoms with Crippen LogP contribution in [0.15, 0.2) is 47.6 Å². The van der Waals surface area contributed by atoms with Crippen LogP contribution in [-0.2, 0) is 4.79 Å². The fourth-order valence-electron chi connectivity index (χ4n) is 2.89. The van der Waals surface area contributed by atoms with Crippen LogP contribution in [0.4, 0.5) is 5.95 Å². The van der Waals surface area contributed by atoms with Crippen LogP contribution in [0.5, 0.6) is 0 Å². The summed E-state index contributed by atoms with van der Waals surface area (Å²) in [5.74, 6) is 0.626. The van der Waals surface area contributed by atoms with Crippen LogP contribution in [0.1, 0.15) is 5.69 Å². The Labute approximate surface area is 153 Å². The fraction of sp³-hybridized carbons (Fsp3) is 0.176. The SMILES string of the molecule is Cc1nc2ccccn2c1-c1ccnc(NC2C=C(C(=O)NO)SC2)n1. The molecule has 1 atom stereocenters. The zero-order valence-electron chi connectivity index (χ0n) is 13.9. The first-order chi connectivity index (χ1) is 12.7. The summed E-state index contributed by atoms with van der Waals surface area (Å²) in [6.07, 6.45) is 5.40. The minimum absolute atomic E-state index is 0.0918. The molecule has 1 aliphatic heterocycles. The molecule has 9 heteroatoms. The number of nitrogens with one attached hydrogen (secondary N) is 2. The number of imidazole rings is 1. The largest absolute Gasteiger partial charge is 0.347 e. The number of hydrogen-bond acceptors (Lipinski definition) is 7. The molecule has 0 spiro atoms. The van der Waals surface area contributed by atoms with Gasteiger partial charge in [-0.2, -0.15) is 0 Å². The van der Waals surface area contributed by atoms with Crippen LogP contribution >= 0.6 is 11.8 Å². The van der Waals surface area contributed by atoms with E-state index in [1.165, 1.54) is 11.8 Å². The number of pyridine rings is 1. The van der Waals surface area contributed by atoms with Gasteiger partial charge in [0, 0.05) is 18.1 Å². The van der Waals surface area contributed by atoms with Gasteiger partial charge < -0.3 is 5.32 Å². The molecule has 8 nitrogen and oxygen atoms in total. The summed E-state index contributed by atoms with van der Waals surface area (Å²) in [5, 5.41) is 11.9. The van der Waals surface area contributed by atoms with E-state index < -0.39 is 5.91 Å². The molecule has 1 unspecified atom stereocenters. The predicted molar refractivity (Wildman–Crippen MR) is 98.8 cm³/mol. The third-order valence-electron chi connectivity index (χ3n) is 4.01. The van der Waals surface area contributed by atoms with Gasteiger partial charge in [0.2, 0.25) is 5.95 Å². The molecular weight excluding hydrogens is 352 g/mol. The van der Waals surface area contributed by atoms with E-state index in [0.29, 0.717) is 16.6 Å². The molecule has 0 radical (unpaired) electrons. The van der Waals surface area contributed by atoms with Crippen molar-refractivity contribution in [1.29, 1.82) is 0 Å². The first kappa shape index (κ1) is 16.6. The second kappa shape index (κ2) is 6.77. The van der Waals surface area contributed by atoms with Crippen molar-refractivity contribution in [2.24, 2.45) is 0 Å². The highest BCUT2D eigenvalue weighted by Gasteiger charge is 2.22. The normalized spacial score (nSPS) is 16.5. The van der Waals surface area contributed by atoms with Crippen LogP contribution < -0.4 is 10.8 Å². The Morgan fingerprint density at radius 2 is 2.23 bits per heavy atom. The molecule has 0 aromatic carbocycles. The van der Waals surface area contributed by atoms with Gasteiger partial charge in [0.05, 0.1) is 28.0 Å². The van der Waals surface area contributed by atoms with E-state index in [-0.39, 0.29) is 6.04 Å². The molecule has 4 rings (SSSR count). The highest BCUT2D eigenvalue weighted by Crippen LogP contribution is 2.27. The van der Waals surface area contributed by atoms with Crippen molar-refractivity contribution in [1.82, 2.24) is 24.8 Å². The number of aromatic nitrogens is 4. The van der Waals surface area contributed by atoms with Gasteiger partial charge in [0.15, 0.2) is 0 Å². The summed E-state index contributed by atoms with van der Waals surface area (Å²) in [4.78, 5) is 25.4. The lowest BCUT2D eigenvalue weighted by Gasteiger charge is -2.10. The molecule has 3 aromatic rings. The maximum absolute atomic E-state index is 11.5. The summed E-state index contributed by atoms with van der Waals surface area (Å²) < 4.78 is 2.00. The molecule has 0 aliphatic carbocycles. The number of fused-ring (bicyclic) bond motifs is 1. The van der Waals surface area contributed by atoms with E-state index in [0.717, 1.165) is 22.7 Å². The number of rotatable bonds is 4. The first-order valence-electron chi connectivity index (χ1n) is 7.98. The average molecular weight is 368 g/mol. The smallest absolute Gasteiger partial charge is 0.280 e. The molecule has 1 aliphatic rings. The molecule has 3 aromatic heterocycles. The molecule has 0 saturated carbocycles. The highest BCUT2D eigenvalue weighted by atomic mass is 32.2. The molecule has 0 fully saturated rings. The van der Waals surface area contributed by atoms with E-state index in [1.807, 2.05) is 41.8 Å². The van der Waals surface area contributed by atoms with Gasteiger partial charge >= 0.3 is 0 Å². The van der Waals surface area contributed by atoms with Gasteiger partial charge in [-0.15, -0.1) is 11.8 Å². The fourth-order valence-corrected chi connectivity index (χ4v) is 3.86. The quantitative estimate of drug-likeness (QED) is 0.478. The minimum Gasteiger partial charge on any atom is -0.347 e. The molecule has 3 N–H and O–H groups in total. The zero-order chi connectivity index (χ0) is 18.1. The van der Waals surface area contributed by atoms with E-state index in [1.54, 1.807) is 17.8 Å². The summed E-state index contributed by atoms with van der Waals surface area (Å²) in [7, 11) is 0. The summed E-state index contributed by atoms with van der Waals surface area (Å²) in [6.45, 7) is 1.95. The summed E-state index contributed by atoms with van der Waals surface area (Å²) in [6, 6.07) is 7.60. The monoisotopic (exact) mass is 368 g/mol. The van der Waals surface area contributed by atoms with E-state index in [2.05, 4.69) is 20.3 Å². The van der Waals surface area contributed by atoms with Gasteiger partial charge in [-0.1, -0.05) is 6.07 Å². The van der Waals surface area contributed by atoms with Crippen LogP contribution in [0.2, 0.25) is 0 Å². The number of hydroxylamine groups is 1. The zero-order valence-corrected chi connectivity index (χ0v) is 14.7. The van der Waals surface area contributed by atoms with Crippen molar-refractivity contribution in [3.63, 3.8) is 0 Å². The molecular formula is C17H16N6O2S. The van der Waals surface area contributed by atoms with Crippen LogP contribution in [-0.4, -0.2) is 42.3 Å². The maximum Gasteiger partial charge on any atom is 0.280 e. The third kappa shape index (κ3) is 3.02. The molecule has 1 amide bonds. The Kier molecular flexibility index (Phi) is 4.31. The van der Waals surface area contributed by atoms with Gasteiger partial charge in [-0.25, -0.2) is 20.4 Å². The third-order valence-corrected chi connectivity index (χ3v) is 5.17. The number of amides is 1. The lowest BCUT2D eigenvalue weighted by molar-refractivity contribution is -0.124. The van der Waals surface area contributed by atoms with Crippen molar-refractivity contribution in [2.45, 2.75) is 13.0 Å². The van der Waals surface area contributed by atoms with Crippen LogP contribution in [0, 0.1) is 6.92 Å². The number of anilines is 1. The van der Waals surface area contributed by atoms with Crippen molar-refractivity contribution in [3.8, 4) is 11.4 Å². The highest BCUT2D eigenvalue weighted by molar-refractivity contribution is 8.04. The van der Waals surface area contributed by atoms with Gasteiger partial charge in [0.25, 0.3) is 5.91 Å². The topological polar surface area (TPSA) is 104 Å². The van der Waals surface area contributed by atoms with Crippen molar-refractivity contribution in [2.75, 3.05) is 11.1 Å². The van der Waals surface area contributed by atoms with Gasteiger partial charge in [0.1, 0.15) is 5.65 Å². The average Bonchev–Trinajstić information content (AvgIpc) is 3.24. The Hall–Kier alpha value is -2.91.